The second-order valence-corrected chi connectivity index (χ2v) is 5.84. The van der Waals surface area contributed by atoms with Crippen LogP contribution in [0, 0.1) is 35.5 Å². The topological polar surface area (TPSA) is 0 Å². The monoisotopic (exact) mass is 177 g/mol. The molecule has 3 rings (SSSR count). The maximum atomic E-state index is 2.36. The minimum atomic E-state index is 1.01. The largest absolute Gasteiger partial charge is 0.0591 e. The maximum absolute atomic E-state index is 2.36. The van der Waals surface area contributed by atoms with Gasteiger partial charge in [-0.3, -0.25) is 0 Å². The SMILES string of the molecule is C[C](C)C1CCC2C3CCC(C3)C12. The van der Waals surface area contributed by atoms with Crippen LogP contribution >= 0.6 is 0 Å². The zero-order valence-corrected chi connectivity index (χ0v) is 8.92. The lowest BCUT2D eigenvalue weighted by Gasteiger charge is -2.30. The molecular formula is C13H21. The van der Waals surface area contributed by atoms with Gasteiger partial charge >= 0.3 is 0 Å². The molecule has 0 heterocycles. The van der Waals surface area contributed by atoms with Crippen molar-refractivity contribution in [1.82, 2.24) is 0 Å². The van der Waals surface area contributed by atoms with Crippen LogP contribution in [0.2, 0.25) is 0 Å². The van der Waals surface area contributed by atoms with Gasteiger partial charge in [0.25, 0.3) is 0 Å². The van der Waals surface area contributed by atoms with E-state index in [4.69, 9.17) is 0 Å². The number of hydrogen-bond donors (Lipinski definition) is 0. The molecule has 3 aliphatic rings. The fraction of sp³-hybridized carbons (Fsp3) is 0.923. The third-order valence-corrected chi connectivity index (χ3v) is 5.18. The van der Waals surface area contributed by atoms with E-state index in [0.29, 0.717) is 0 Å². The highest BCUT2D eigenvalue weighted by Crippen LogP contribution is 2.62. The molecule has 13 heavy (non-hydrogen) atoms. The zero-order valence-electron chi connectivity index (χ0n) is 8.92. The van der Waals surface area contributed by atoms with Gasteiger partial charge in [-0.2, -0.15) is 0 Å². The predicted molar refractivity (Wildman–Crippen MR) is 55.1 cm³/mol. The molecule has 0 aromatic heterocycles. The molecule has 0 aromatic rings. The molecule has 0 heteroatoms. The maximum Gasteiger partial charge on any atom is -0.0269 e. The first-order valence-corrected chi connectivity index (χ1v) is 6.07. The lowest BCUT2D eigenvalue weighted by molar-refractivity contribution is 0.218. The van der Waals surface area contributed by atoms with E-state index in [1.807, 2.05) is 0 Å². The van der Waals surface area contributed by atoms with E-state index in [1.54, 1.807) is 31.6 Å². The molecule has 5 atom stereocenters. The Balaban J connectivity index is 1.83. The van der Waals surface area contributed by atoms with Gasteiger partial charge in [0.1, 0.15) is 0 Å². The van der Waals surface area contributed by atoms with Gasteiger partial charge in [0.05, 0.1) is 0 Å². The summed E-state index contributed by atoms with van der Waals surface area (Å²) in [5.74, 6) is 7.31. The minimum Gasteiger partial charge on any atom is -0.0591 e. The molecule has 0 aliphatic heterocycles. The summed E-state index contributed by atoms with van der Waals surface area (Å²) in [7, 11) is 0. The summed E-state index contributed by atoms with van der Waals surface area (Å²) < 4.78 is 0. The van der Waals surface area contributed by atoms with Gasteiger partial charge in [-0.1, -0.05) is 13.8 Å². The molecule has 3 saturated carbocycles. The zero-order chi connectivity index (χ0) is 9.00. The van der Waals surface area contributed by atoms with E-state index < -0.39 is 0 Å². The molecule has 0 saturated heterocycles. The Hall–Kier alpha value is 0. The summed E-state index contributed by atoms with van der Waals surface area (Å²) in [4.78, 5) is 0. The second-order valence-electron chi connectivity index (χ2n) is 5.84. The smallest absolute Gasteiger partial charge is 0.0269 e. The van der Waals surface area contributed by atoms with Crippen molar-refractivity contribution in [1.29, 1.82) is 0 Å². The quantitative estimate of drug-likeness (QED) is 0.573. The Morgan fingerprint density at radius 2 is 1.69 bits per heavy atom. The van der Waals surface area contributed by atoms with Crippen LogP contribution < -0.4 is 0 Å². The van der Waals surface area contributed by atoms with E-state index in [1.165, 1.54) is 6.42 Å². The van der Waals surface area contributed by atoms with Crippen molar-refractivity contribution in [3.8, 4) is 0 Å². The number of fused-ring (bicyclic) bond motifs is 5. The molecule has 0 spiro atoms. The third-order valence-electron chi connectivity index (χ3n) is 5.18. The van der Waals surface area contributed by atoms with E-state index >= 15 is 0 Å². The molecule has 1 radical (unpaired) electrons. The van der Waals surface area contributed by atoms with Crippen LogP contribution in [-0.2, 0) is 0 Å². The summed E-state index contributed by atoms with van der Waals surface area (Å²) in [5, 5.41) is 0. The van der Waals surface area contributed by atoms with Crippen molar-refractivity contribution in [2.45, 2.75) is 46.0 Å². The highest BCUT2D eigenvalue weighted by molar-refractivity contribution is 5.08. The van der Waals surface area contributed by atoms with Gasteiger partial charge in [0.15, 0.2) is 0 Å². The van der Waals surface area contributed by atoms with Crippen molar-refractivity contribution < 1.29 is 0 Å². The van der Waals surface area contributed by atoms with Crippen LogP contribution in [0.4, 0.5) is 0 Å². The molecule has 3 fully saturated rings. The summed E-state index contributed by atoms with van der Waals surface area (Å²) in [5.41, 5.74) is 0. The van der Waals surface area contributed by atoms with Crippen molar-refractivity contribution >= 4 is 0 Å². The van der Waals surface area contributed by atoms with Gasteiger partial charge in [-0.05, 0) is 67.6 Å². The summed E-state index contributed by atoms with van der Waals surface area (Å²) >= 11 is 0. The third kappa shape index (κ3) is 1.04. The molecule has 2 bridgehead atoms. The first kappa shape index (κ1) is 8.32. The molecule has 0 nitrogen and oxygen atoms in total. The summed E-state index contributed by atoms with van der Waals surface area (Å²) in [6.45, 7) is 4.72. The van der Waals surface area contributed by atoms with Crippen LogP contribution in [0.15, 0.2) is 0 Å². The van der Waals surface area contributed by atoms with E-state index in [9.17, 15) is 0 Å². The number of hydrogen-bond acceptors (Lipinski definition) is 0. The van der Waals surface area contributed by atoms with Gasteiger partial charge in [-0.25, -0.2) is 0 Å². The fourth-order valence-corrected chi connectivity index (χ4v) is 4.75. The van der Waals surface area contributed by atoms with Gasteiger partial charge < -0.3 is 0 Å². The molecule has 73 valence electrons. The van der Waals surface area contributed by atoms with Gasteiger partial charge in [0.2, 0.25) is 0 Å². The Labute approximate surface area is 82.1 Å². The molecule has 0 aromatic carbocycles. The van der Waals surface area contributed by atoms with Crippen molar-refractivity contribution in [3.05, 3.63) is 5.92 Å². The fourth-order valence-electron chi connectivity index (χ4n) is 4.75. The molecule has 0 N–H and O–H groups in total. The minimum absolute atomic E-state index is 1.01. The lowest BCUT2D eigenvalue weighted by Crippen LogP contribution is -2.24. The first-order chi connectivity index (χ1) is 6.27. The Morgan fingerprint density at radius 3 is 2.46 bits per heavy atom. The van der Waals surface area contributed by atoms with Crippen LogP contribution in [0.25, 0.3) is 0 Å². The standard InChI is InChI=1S/C13H21/c1-8(2)11-5-6-12-9-3-4-10(7-9)13(11)12/h9-13H,3-7H2,1-2H3. The Morgan fingerprint density at radius 1 is 0.923 bits per heavy atom. The van der Waals surface area contributed by atoms with Crippen molar-refractivity contribution in [3.63, 3.8) is 0 Å². The van der Waals surface area contributed by atoms with E-state index in [2.05, 4.69) is 13.8 Å². The van der Waals surface area contributed by atoms with E-state index in [0.717, 1.165) is 29.6 Å². The molecular weight excluding hydrogens is 156 g/mol. The molecule has 0 amide bonds. The highest BCUT2D eigenvalue weighted by Gasteiger charge is 2.53. The average molecular weight is 177 g/mol. The van der Waals surface area contributed by atoms with Gasteiger partial charge in [-0.15, -0.1) is 0 Å². The van der Waals surface area contributed by atoms with E-state index in [-0.39, 0.29) is 0 Å². The summed E-state index contributed by atoms with van der Waals surface area (Å²) in [6.07, 6.45) is 7.81. The normalized spacial score (nSPS) is 53.3. The molecule has 5 unspecified atom stereocenters. The molecule has 3 aliphatic carbocycles. The Kier molecular flexibility index (Phi) is 1.76. The van der Waals surface area contributed by atoms with Gasteiger partial charge in [0, 0.05) is 0 Å². The van der Waals surface area contributed by atoms with Crippen LogP contribution in [0.5, 0.6) is 0 Å². The van der Waals surface area contributed by atoms with Crippen LogP contribution in [0.1, 0.15) is 46.0 Å². The predicted octanol–water partition coefficient (Wildman–Crippen LogP) is 3.67. The average Bonchev–Trinajstić information content (AvgIpc) is 2.76. The summed E-state index contributed by atoms with van der Waals surface area (Å²) in [6, 6.07) is 0. The second kappa shape index (κ2) is 2.74. The highest BCUT2D eigenvalue weighted by atomic mass is 14.6. The lowest BCUT2D eigenvalue weighted by atomic mass is 9.74. The van der Waals surface area contributed by atoms with Crippen LogP contribution in [0.3, 0.4) is 0 Å². The van der Waals surface area contributed by atoms with Crippen molar-refractivity contribution in [2.24, 2.45) is 29.6 Å². The van der Waals surface area contributed by atoms with Crippen molar-refractivity contribution in [2.75, 3.05) is 0 Å². The number of rotatable bonds is 1. The Bertz CT molecular complexity index is 206. The first-order valence-electron chi connectivity index (χ1n) is 6.07. The van der Waals surface area contributed by atoms with Crippen LogP contribution in [-0.4, -0.2) is 0 Å².